The summed E-state index contributed by atoms with van der Waals surface area (Å²) in [6, 6.07) is 0. The van der Waals surface area contributed by atoms with Gasteiger partial charge in [0.05, 0.1) is 44.2 Å². The quantitative estimate of drug-likeness (QED) is 0.247. The van der Waals surface area contributed by atoms with E-state index in [1.54, 1.807) is 0 Å². The number of esters is 3. The molecular weight excluding hydrogens is 452 g/mol. The van der Waals surface area contributed by atoms with E-state index in [0.717, 1.165) is 24.8 Å². The number of methoxy groups -OCH3 is 3. The third-order valence-corrected chi connectivity index (χ3v) is 10.6. The highest BCUT2D eigenvalue weighted by Gasteiger charge is 2.81. The lowest BCUT2D eigenvalue weighted by molar-refractivity contribution is -0.181. The molecule has 7 nitrogen and oxygen atoms in total. The highest BCUT2D eigenvalue weighted by atomic mass is 28.4. The molecule has 0 aliphatic heterocycles. The summed E-state index contributed by atoms with van der Waals surface area (Å²) < 4.78 is 23.1. The lowest BCUT2D eigenvalue weighted by Crippen LogP contribution is -2.55. The van der Waals surface area contributed by atoms with Gasteiger partial charge in [-0.05, 0) is 76.1 Å². The summed E-state index contributed by atoms with van der Waals surface area (Å²) in [7, 11) is 2.12. The van der Waals surface area contributed by atoms with Crippen LogP contribution in [0.15, 0.2) is 12.2 Å². The highest BCUT2D eigenvalue weighted by Crippen LogP contribution is 2.78. The average Bonchev–Trinajstić information content (AvgIpc) is 3.19. The van der Waals surface area contributed by atoms with Crippen molar-refractivity contribution in [2.45, 2.75) is 71.2 Å². The lowest BCUT2D eigenvalue weighted by atomic mass is 9.52. The molecule has 4 aliphatic carbocycles. The fourth-order valence-corrected chi connectivity index (χ4v) is 9.83. The van der Waals surface area contributed by atoms with E-state index in [4.69, 9.17) is 18.6 Å². The van der Waals surface area contributed by atoms with Crippen molar-refractivity contribution in [3.05, 3.63) is 12.2 Å². The van der Waals surface area contributed by atoms with Gasteiger partial charge in [-0.15, -0.1) is 0 Å². The zero-order chi connectivity index (χ0) is 25.3. The van der Waals surface area contributed by atoms with Crippen LogP contribution in [0.4, 0.5) is 0 Å². The van der Waals surface area contributed by atoms with Gasteiger partial charge in [0, 0.05) is 11.3 Å². The highest BCUT2D eigenvalue weighted by molar-refractivity contribution is 6.69. The molecule has 4 saturated carbocycles. The second-order valence-corrected chi connectivity index (χ2v) is 16.6. The van der Waals surface area contributed by atoms with Crippen molar-refractivity contribution >= 4 is 26.2 Å². The van der Waals surface area contributed by atoms with Gasteiger partial charge in [0.1, 0.15) is 0 Å². The Labute approximate surface area is 204 Å². The molecule has 0 heterocycles. The molecule has 8 heteroatoms. The van der Waals surface area contributed by atoms with Gasteiger partial charge in [-0.3, -0.25) is 14.4 Å². The maximum absolute atomic E-state index is 13.8. The summed E-state index contributed by atoms with van der Waals surface area (Å²) >= 11 is 0. The van der Waals surface area contributed by atoms with E-state index in [-0.39, 0.29) is 35.8 Å². The average molecular weight is 493 g/mol. The number of fused-ring (bicyclic) bond motifs is 3. The minimum Gasteiger partial charge on any atom is -0.469 e. The molecule has 0 amide bonds. The van der Waals surface area contributed by atoms with Crippen molar-refractivity contribution in [2.75, 3.05) is 21.3 Å². The molecule has 0 N–H and O–H groups in total. The molecule has 2 bridgehead atoms. The van der Waals surface area contributed by atoms with Crippen molar-refractivity contribution < 1.29 is 33.0 Å². The van der Waals surface area contributed by atoms with Gasteiger partial charge in [-0.2, -0.15) is 0 Å². The van der Waals surface area contributed by atoms with Crippen LogP contribution in [0.1, 0.15) is 45.4 Å². The first-order chi connectivity index (χ1) is 15.8. The standard InChI is InChI=1S/C26H40O7Si/c1-15-16-10-11-17-25(23(29)32-5)13-9-12-24(2,22(28)31-4)19(25)18(21(27)30-3)26(17,14-16)20(15)33-34(6,7)8/h16-20H,1,9-14H2,2-8H3/t16-,17?,18?,19?,20-,24?,25-,26-/m1/s1. The third kappa shape index (κ3) is 3.13. The Kier molecular flexibility index (Phi) is 6.12. The van der Waals surface area contributed by atoms with Gasteiger partial charge in [0.15, 0.2) is 8.32 Å². The summed E-state index contributed by atoms with van der Waals surface area (Å²) in [6.07, 6.45) is 3.84. The van der Waals surface area contributed by atoms with Crippen LogP contribution in [0.25, 0.3) is 0 Å². The van der Waals surface area contributed by atoms with Gasteiger partial charge < -0.3 is 18.6 Å². The molecule has 4 rings (SSSR count). The van der Waals surface area contributed by atoms with Gasteiger partial charge in [-0.1, -0.05) is 13.0 Å². The van der Waals surface area contributed by atoms with E-state index in [2.05, 4.69) is 26.2 Å². The number of hydrogen-bond acceptors (Lipinski definition) is 7. The summed E-state index contributed by atoms with van der Waals surface area (Å²) in [5.74, 6) is -2.31. The summed E-state index contributed by atoms with van der Waals surface area (Å²) in [4.78, 5) is 41.0. The number of carbonyl (C=O) groups is 3. The maximum atomic E-state index is 13.8. The van der Waals surface area contributed by atoms with E-state index in [9.17, 15) is 14.4 Å². The number of hydrogen-bond donors (Lipinski definition) is 0. The number of rotatable bonds is 5. The van der Waals surface area contributed by atoms with Crippen LogP contribution in [0.5, 0.6) is 0 Å². The molecule has 4 unspecified atom stereocenters. The molecule has 0 aromatic carbocycles. The van der Waals surface area contributed by atoms with E-state index in [1.807, 2.05) is 6.92 Å². The minimum atomic E-state index is -2.06. The minimum absolute atomic E-state index is 0.164. The van der Waals surface area contributed by atoms with Crippen LogP contribution < -0.4 is 0 Å². The van der Waals surface area contributed by atoms with Gasteiger partial charge in [-0.25, -0.2) is 0 Å². The smallest absolute Gasteiger partial charge is 0.312 e. The van der Waals surface area contributed by atoms with Gasteiger partial charge in [0.25, 0.3) is 0 Å². The molecule has 1 spiro atoms. The predicted molar refractivity (Wildman–Crippen MR) is 128 cm³/mol. The molecule has 0 aromatic heterocycles. The van der Waals surface area contributed by atoms with Crippen LogP contribution in [0.3, 0.4) is 0 Å². The van der Waals surface area contributed by atoms with Gasteiger partial charge >= 0.3 is 17.9 Å². The van der Waals surface area contributed by atoms with E-state index in [1.165, 1.54) is 21.3 Å². The number of ether oxygens (including phenoxy) is 3. The third-order valence-electron chi connectivity index (χ3n) is 9.61. The van der Waals surface area contributed by atoms with Crippen LogP contribution in [0.2, 0.25) is 19.6 Å². The normalized spacial score (nSPS) is 43.0. The summed E-state index contributed by atoms with van der Waals surface area (Å²) in [5, 5.41) is 0. The van der Waals surface area contributed by atoms with E-state index >= 15 is 0 Å². The van der Waals surface area contributed by atoms with Crippen LogP contribution in [-0.4, -0.2) is 53.7 Å². The fraction of sp³-hybridized carbons (Fsp3) is 0.808. The Hall–Kier alpha value is -1.67. The Morgan fingerprint density at radius 1 is 0.971 bits per heavy atom. The van der Waals surface area contributed by atoms with E-state index in [0.29, 0.717) is 19.3 Å². The van der Waals surface area contributed by atoms with Crippen molar-refractivity contribution in [3.8, 4) is 0 Å². The Bertz CT molecular complexity index is 909. The Balaban J connectivity index is 2.04. The molecule has 0 aromatic rings. The first kappa shape index (κ1) is 25.4. The molecule has 190 valence electrons. The second kappa shape index (κ2) is 8.19. The molecule has 34 heavy (non-hydrogen) atoms. The fourth-order valence-electron chi connectivity index (χ4n) is 8.76. The van der Waals surface area contributed by atoms with E-state index < -0.39 is 36.4 Å². The van der Waals surface area contributed by atoms with Crippen LogP contribution >= 0.6 is 0 Å². The molecule has 0 saturated heterocycles. The van der Waals surface area contributed by atoms with Crippen molar-refractivity contribution in [1.29, 1.82) is 0 Å². The Morgan fingerprint density at radius 3 is 2.18 bits per heavy atom. The van der Waals surface area contributed by atoms with Crippen molar-refractivity contribution in [3.63, 3.8) is 0 Å². The van der Waals surface area contributed by atoms with Crippen molar-refractivity contribution in [1.82, 2.24) is 0 Å². The maximum Gasteiger partial charge on any atom is 0.312 e. The first-order valence-electron chi connectivity index (χ1n) is 12.5. The zero-order valence-corrected chi connectivity index (χ0v) is 22.7. The largest absolute Gasteiger partial charge is 0.469 e. The SMILES string of the molecule is C=C1[C@@H]2CCC3[C@]4(C(=O)OC)CCCC(C)(C(=O)OC)C4C(C(=O)OC)[C@]3(C2)[C@@H]1O[Si](C)(C)C. The monoisotopic (exact) mass is 492 g/mol. The molecular formula is C26H40O7Si. The van der Waals surface area contributed by atoms with Crippen molar-refractivity contribution in [2.24, 2.45) is 39.9 Å². The molecule has 0 radical (unpaired) electrons. The Morgan fingerprint density at radius 2 is 1.62 bits per heavy atom. The summed E-state index contributed by atoms with van der Waals surface area (Å²) in [5.41, 5.74) is -1.63. The van der Waals surface area contributed by atoms with Gasteiger partial charge in [0.2, 0.25) is 0 Å². The second-order valence-electron chi connectivity index (χ2n) is 12.1. The van der Waals surface area contributed by atoms with Crippen LogP contribution in [0, 0.1) is 39.9 Å². The predicted octanol–water partition coefficient (Wildman–Crippen LogP) is 4.12. The molecule has 4 aliphatic rings. The lowest BCUT2D eigenvalue weighted by Gasteiger charge is -2.50. The van der Waals surface area contributed by atoms with Crippen LogP contribution in [-0.2, 0) is 33.0 Å². The summed E-state index contributed by atoms with van der Waals surface area (Å²) in [6.45, 7) is 12.7. The molecule has 4 fully saturated rings. The first-order valence-corrected chi connectivity index (χ1v) is 15.9. The topological polar surface area (TPSA) is 88.1 Å². The number of carbonyl (C=O) groups excluding carboxylic acids is 3. The zero-order valence-electron chi connectivity index (χ0n) is 21.7. The molecule has 8 atom stereocenters.